The number of nitrogens with zero attached hydrogens (tertiary/aromatic N) is 1. The van der Waals surface area contributed by atoms with Gasteiger partial charge in [-0.2, -0.15) is 0 Å². The zero-order valence-electron chi connectivity index (χ0n) is 8.52. The fourth-order valence-electron chi connectivity index (χ4n) is 0.770. The molecule has 0 spiro atoms. The van der Waals surface area contributed by atoms with E-state index in [0.29, 0.717) is 5.54 Å². The summed E-state index contributed by atoms with van der Waals surface area (Å²) in [6.07, 6.45) is 5.48. The molecule has 0 N–H and O–H groups in total. The van der Waals surface area contributed by atoms with Crippen LogP contribution in [0.5, 0.6) is 0 Å². The Balaban J connectivity index is 3.61. The fourth-order valence-corrected chi connectivity index (χ4v) is 0.770. The van der Waals surface area contributed by atoms with Crippen molar-refractivity contribution in [2.75, 3.05) is 13.6 Å². The first kappa shape index (κ1) is 10.7. The molecular weight excluding hydrogens is 134 g/mol. The van der Waals surface area contributed by atoms with Crippen molar-refractivity contribution in [1.29, 1.82) is 0 Å². The van der Waals surface area contributed by atoms with Gasteiger partial charge in [-0.05, 0) is 41.2 Å². The molecule has 0 aliphatic carbocycles. The molecule has 0 atom stereocenters. The summed E-state index contributed by atoms with van der Waals surface area (Å²) in [5.41, 5.74) is 0.307. The van der Waals surface area contributed by atoms with Crippen molar-refractivity contribution in [3.05, 3.63) is 12.2 Å². The Morgan fingerprint density at radius 2 is 1.82 bits per heavy atom. The van der Waals surface area contributed by atoms with E-state index >= 15 is 0 Å². The molecule has 0 amide bonds. The van der Waals surface area contributed by atoms with E-state index in [0.717, 1.165) is 13.0 Å². The van der Waals surface area contributed by atoms with E-state index in [2.05, 4.69) is 51.8 Å². The zero-order chi connectivity index (χ0) is 8.91. The summed E-state index contributed by atoms with van der Waals surface area (Å²) in [4.78, 5) is 2.37. The van der Waals surface area contributed by atoms with Gasteiger partial charge in [-0.15, -0.1) is 0 Å². The highest BCUT2D eigenvalue weighted by molar-refractivity contribution is 4.80. The highest BCUT2D eigenvalue weighted by Gasteiger charge is 2.14. The lowest BCUT2D eigenvalue weighted by Crippen LogP contribution is -2.38. The quantitative estimate of drug-likeness (QED) is 0.566. The summed E-state index contributed by atoms with van der Waals surface area (Å²) < 4.78 is 0. The monoisotopic (exact) mass is 155 g/mol. The second kappa shape index (κ2) is 4.55. The standard InChI is InChI=1S/C10H21N/c1-6-7-8-9-11(5)10(2,3)4/h6-7H,8-9H2,1-5H3/b7-6-. The van der Waals surface area contributed by atoms with E-state index in [1.54, 1.807) is 0 Å². The molecule has 0 saturated carbocycles. The smallest absolute Gasteiger partial charge is 0.0122 e. The van der Waals surface area contributed by atoms with Gasteiger partial charge in [0, 0.05) is 12.1 Å². The third-order valence-corrected chi connectivity index (χ3v) is 2.01. The van der Waals surface area contributed by atoms with Gasteiger partial charge in [0.15, 0.2) is 0 Å². The van der Waals surface area contributed by atoms with E-state index in [4.69, 9.17) is 0 Å². The summed E-state index contributed by atoms with van der Waals surface area (Å²) in [5, 5.41) is 0. The summed E-state index contributed by atoms with van der Waals surface area (Å²) >= 11 is 0. The van der Waals surface area contributed by atoms with E-state index < -0.39 is 0 Å². The Hall–Kier alpha value is -0.300. The van der Waals surface area contributed by atoms with Crippen molar-refractivity contribution in [3.8, 4) is 0 Å². The SMILES string of the molecule is C/C=C\CCN(C)C(C)(C)C. The van der Waals surface area contributed by atoms with Crippen molar-refractivity contribution < 1.29 is 0 Å². The van der Waals surface area contributed by atoms with Crippen LogP contribution in [0.25, 0.3) is 0 Å². The topological polar surface area (TPSA) is 3.24 Å². The number of allylic oxidation sites excluding steroid dienone is 1. The molecule has 0 saturated heterocycles. The molecule has 1 nitrogen and oxygen atoms in total. The molecule has 0 rings (SSSR count). The molecule has 0 unspecified atom stereocenters. The average Bonchev–Trinajstić information content (AvgIpc) is 1.86. The van der Waals surface area contributed by atoms with Crippen LogP contribution in [-0.4, -0.2) is 24.0 Å². The fraction of sp³-hybridized carbons (Fsp3) is 0.800. The van der Waals surface area contributed by atoms with E-state index in [-0.39, 0.29) is 0 Å². The van der Waals surface area contributed by atoms with Gasteiger partial charge < -0.3 is 4.90 Å². The Bertz CT molecular complexity index is 119. The molecule has 11 heavy (non-hydrogen) atoms. The van der Waals surface area contributed by atoms with E-state index in [1.165, 1.54) is 0 Å². The summed E-state index contributed by atoms with van der Waals surface area (Å²) in [5.74, 6) is 0. The summed E-state index contributed by atoms with van der Waals surface area (Å²) in [7, 11) is 2.17. The average molecular weight is 155 g/mol. The van der Waals surface area contributed by atoms with Gasteiger partial charge in [0.2, 0.25) is 0 Å². The molecule has 0 aliphatic heterocycles. The third-order valence-electron chi connectivity index (χ3n) is 2.01. The molecule has 0 aliphatic rings. The van der Waals surface area contributed by atoms with Crippen LogP contribution in [0, 0.1) is 0 Å². The Kier molecular flexibility index (Phi) is 4.43. The lowest BCUT2D eigenvalue weighted by Gasteiger charge is -2.31. The van der Waals surface area contributed by atoms with Crippen molar-refractivity contribution in [2.24, 2.45) is 0 Å². The second-order valence-electron chi connectivity index (χ2n) is 3.95. The first-order chi connectivity index (χ1) is 4.98. The Labute approximate surface area is 71.1 Å². The van der Waals surface area contributed by atoms with Gasteiger partial charge in [-0.25, -0.2) is 0 Å². The molecule has 0 fully saturated rings. The van der Waals surface area contributed by atoms with Crippen molar-refractivity contribution in [3.63, 3.8) is 0 Å². The van der Waals surface area contributed by atoms with Crippen LogP contribution in [-0.2, 0) is 0 Å². The Morgan fingerprint density at radius 3 is 2.18 bits per heavy atom. The van der Waals surface area contributed by atoms with Crippen LogP contribution >= 0.6 is 0 Å². The van der Waals surface area contributed by atoms with Crippen LogP contribution in [0.3, 0.4) is 0 Å². The second-order valence-corrected chi connectivity index (χ2v) is 3.95. The number of rotatable bonds is 3. The van der Waals surface area contributed by atoms with Crippen molar-refractivity contribution in [2.45, 2.75) is 39.7 Å². The van der Waals surface area contributed by atoms with Gasteiger partial charge in [-0.3, -0.25) is 0 Å². The van der Waals surface area contributed by atoms with Crippen LogP contribution in [0.4, 0.5) is 0 Å². The first-order valence-electron chi connectivity index (χ1n) is 4.31. The zero-order valence-corrected chi connectivity index (χ0v) is 8.52. The summed E-state index contributed by atoms with van der Waals surface area (Å²) in [6.45, 7) is 9.93. The maximum Gasteiger partial charge on any atom is 0.0122 e. The lowest BCUT2D eigenvalue weighted by atomic mass is 10.1. The molecule has 0 aromatic rings. The maximum atomic E-state index is 2.37. The normalized spacial score (nSPS) is 13.3. The van der Waals surface area contributed by atoms with Crippen LogP contribution in [0.2, 0.25) is 0 Å². The summed E-state index contributed by atoms with van der Waals surface area (Å²) in [6, 6.07) is 0. The van der Waals surface area contributed by atoms with Crippen molar-refractivity contribution in [1.82, 2.24) is 4.90 Å². The van der Waals surface area contributed by atoms with Gasteiger partial charge in [0.1, 0.15) is 0 Å². The predicted octanol–water partition coefficient (Wildman–Crippen LogP) is 2.68. The molecule has 1 heteroatoms. The highest BCUT2D eigenvalue weighted by Crippen LogP contribution is 2.10. The minimum absolute atomic E-state index is 0.307. The molecular formula is C10H21N. The predicted molar refractivity (Wildman–Crippen MR) is 51.8 cm³/mol. The van der Waals surface area contributed by atoms with Crippen LogP contribution < -0.4 is 0 Å². The first-order valence-corrected chi connectivity index (χ1v) is 4.31. The minimum Gasteiger partial charge on any atom is -0.301 e. The molecule has 0 aromatic heterocycles. The van der Waals surface area contributed by atoms with Gasteiger partial charge in [-0.1, -0.05) is 12.2 Å². The molecule has 0 heterocycles. The highest BCUT2D eigenvalue weighted by atomic mass is 15.1. The molecule has 0 radical (unpaired) electrons. The van der Waals surface area contributed by atoms with E-state index in [9.17, 15) is 0 Å². The minimum atomic E-state index is 0.307. The third kappa shape index (κ3) is 5.02. The lowest BCUT2D eigenvalue weighted by molar-refractivity contribution is 0.179. The maximum absolute atomic E-state index is 2.37. The molecule has 0 bridgehead atoms. The van der Waals surface area contributed by atoms with Crippen LogP contribution in [0.1, 0.15) is 34.1 Å². The van der Waals surface area contributed by atoms with Gasteiger partial charge >= 0.3 is 0 Å². The van der Waals surface area contributed by atoms with E-state index in [1.807, 2.05) is 0 Å². The molecule has 66 valence electrons. The van der Waals surface area contributed by atoms with Crippen molar-refractivity contribution >= 4 is 0 Å². The Morgan fingerprint density at radius 1 is 1.27 bits per heavy atom. The molecule has 0 aromatic carbocycles. The largest absolute Gasteiger partial charge is 0.301 e. The van der Waals surface area contributed by atoms with Gasteiger partial charge in [0.25, 0.3) is 0 Å². The van der Waals surface area contributed by atoms with Crippen LogP contribution in [0.15, 0.2) is 12.2 Å². The number of hydrogen-bond donors (Lipinski definition) is 0. The number of hydrogen-bond acceptors (Lipinski definition) is 1. The van der Waals surface area contributed by atoms with Gasteiger partial charge in [0.05, 0.1) is 0 Å².